The summed E-state index contributed by atoms with van der Waals surface area (Å²) in [6.07, 6.45) is 0.940. The van der Waals surface area contributed by atoms with Crippen molar-refractivity contribution >= 4 is 5.95 Å². The molecule has 0 aliphatic rings. The number of nitrogens with one attached hydrogen (secondary N) is 1. The summed E-state index contributed by atoms with van der Waals surface area (Å²) >= 11 is 0. The van der Waals surface area contributed by atoms with Gasteiger partial charge in [0.25, 0.3) is 0 Å². The third kappa shape index (κ3) is 1.96. The van der Waals surface area contributed by atoms with Gasteiger partial charge in [-0.15, -0.1) is 0 Å². The standard InChI is InChI=1S/C8H16N4/c1-6(2)5-7-10-8(9-3)12(4)11-7/h6H,5H2,1-4H3,(H,9,10,11). The van der Waals surface area contributed by atoms with Crippen LogP contribution in [0.25, 0.3) is 0 Å². The topological polar surface area (TPSA) is 42.7 Å². The van der Waals surface area contributed by atoms with Crippen LogP contribution in [0.3, 0.4) is 0 Å². The fourth-order valence-corrected chi connectivity index (χ4v) is 1.11. The van der Waals surface area contributed by atoms with E-state index in [1.165, 1.54) is 0 Å². The molecule has 0 aliphatic heterocycles. The number of hydrogen-bond acceptors (Lipinski definition) is 3. The van der Waals surface area contributed by atoms with Gasteiger partial charge in [-0.3, -0.25) is 0 Å². The molecule has 1 heterocycles. The second-order valence-electron chi connectivity index (χ2n) is 3.32. The molecule has 0 saturated carbocycles. The van der Waals surface area contributed by atoms with Crippen molar-refractivity contribution in [1.29, 1.82) is 0 Å². The van der Waals surface area contributed by atoms with Crippen LogP contribution in [-0.2, 0) is 13.5 Å². The van der Waals surface area contributed by atoms with Crippen LogP contribution in [0.1, 0.15) is 19.7 Å². The van der Waals surface area contributed by atoms with Crippen LogP contribution in [0.2, 0.25) is 0 Å². The Morgan fingerprint density at radius 2 is 2.17 bits per heavy atom. The Hall–Kier alpha value is -1.06. The van der Waals surface area contributed by atoms with Gasteiger partial charge in [0.2, 0.25) is 5.95 Å². The average molecular weight is 168 g/mol. The van der Waals surface area contributed by atoms with E-state index in [2.05, 4.69) is 29.2 Å². The molecule has 1 rings (SSSR count). The van der Waals surface area contributed by atoms with Gasteiger partial charge in [0.1, 0.15) is 0 Å². The van der Waals surface area contributed by atoms with Crippen molar-refractivity contribution in [1.82, 2.24) is 14.8 Å². The number of hydrogen-bond donors (Lipinski definition) is 1. The van der Waals surface area contributed by atoms with E-state index < -0.39 is 0 Å². The van der Waals surface area contributed by atoms with Gasteiger partial charge >= 0.3 is 0 Å². The fraction of sp³-hybridized carbons (Fsp3) is 0.750. The zero-order chi connectivity index (χ0) is 9.14. The lowest BCUT2D eigenvalue weighted by molar-refractivity contribution is 0.613. The normalized spacial score (nSPS) is 10.8. The highest BCUT2D eigenvalue weighted by Gasteiger charge is 2.06. The summed E-state index contributed by atoms with van der Waals surface area (Å²) < 4.78 is 1.76. The summed E-state index contributed by atoms with van der Waals surface area (Å²) in [6.45, 7) is 4.32. The molecule has 1 aromatic rings. The van der Waals surface area contributed by atoms with Gasteiger partial charge in [-0.1, -0.05) is 13.8 Å². The van der Waals surface area contributed by atoms with Crippen LogP contribution in [0.15, 0.2) is 0 Å². The van der Waals surface area contributed by atoms with Gasteiger partial charge < -0.3 is 5.32 Å². The molecule has 4 nitrogen and oxygen atoms in total. The summed E-state index contributed by atoms with van der Waals surface area (Å²) in [5.74, 6) is 2.35. The SMILES string of the molecule is CNc1nc(CC(C)C)nn1C. The molecule has 12 heavy (non-hydrogen) atoms. The lowest BCUT2D eigenvalue weighted by Gasteiger charge is -1.96. The maximum Gasteiger partial charge on any atom is 0.220 e. The highest BCUT2D eigenvalue weighted by atomic mass is 15.4. The molecule has 0 radical (unpaired) electrons. The second kappa shape index (κ2) is 3.56. The lowest BCUT2D eigenvalue weighted by atomic mass is 10.1. The Bertz CT molecular complexity index is 252. The first-order chi connectivity index (χ1) is 5.63. The summed E-state index contributed by atoms with van der Waals surface area (Å²) in [4.78, 5) is 4.31. The van der Waals surface area contributed by atoms with Gasteiger partial charge in [0, 0.05) is 20.5 Å². The predicted molar refractivity (Wildman–Crippen MR) is 49.1 cm³/mol. The van der Waals surface area contributed by atoms with Gasteiger partial charge in [-0.2, -0.15) is 10.1 Å². The fourth-order valence-electron chi connectivity index (χ4n) is 1.11. The van der Waals surface area contributed by atoms with E-state index in [1.54, 1.807) is 4.68 Å². The Kier molecular flexibility index (Phi) is 2.68. The molecule has 0 unspecified atom stereocenters. The largest absolute Gasteiger partial charge is 0.358 e. The highest BCUT2D eigenvalue weighted by Crippen LogP contribution is 2.06. The van der Waals surface area contributed by atoms with E-state index in [-0.39, 0.29) is 0 Å². The molecule has 0 atom stereocenters. The molecule has 1 aromatic heterocycles. The van der Waals surface area contributed by atoms with Gasteiger partial charge in [-0.25, -0.2) is 4.68 Å². The zero-order valence-electron chi connectivity index (χ0n) is 8.13. The van der Waals surface area contributed by atoms with Gasteiger partial charge in [0.05, 0.1) is 0 Å². The Morgan fingerprint density at radius 1 is 1.50 bits per heavy atom. The Balaban J connectivity index is 2.75. The molecule has 0 amide bonds. The van der Waals surface area contributed by atoms with Crippen molar-refractivity contribution in [3.8, 4) is 0 Å². The molecular weight excluding hydrogens is 152 g/mol. The van der Waals surface area contributed by atoms with Crippen LogP contribution in [0.5, 0.6) is 0 Å². The Morgan fingerprint density at radius 3 is 2.58 bits per heavy atom. The van der Waals surface area contributed by atoms with Crippen molar-refractivity contribution in [3.63, 3.8) is 0 Å². The van der Waals surface area contributed by atoms with E-state index in [0.29, 0.717) is 5.92 Å². The van der Waals surface area contributed by atoms with E-state index in [4.69, 9.17) is 0 Å². The highest BCUT2D eigenvalue weighted by molar-refractivity contribution is 5.22. The minimum atomic E-state index is 0.608. The number of anilines is 1. The van der Waals surface area contributed by atoms with Crippen LogP contribution in [-0.4, -0.2) is 21.8 Å². The molecule has 0 aliphatic carbocycles. The summed E-state index contributed by atoms with van der Waals surface area (Å²) in [7, 11) is 3.74. The number of nitrogens with zero attached hydrogens (tertiary/aromatic N) is 3. The molecule has 0 bridgehead atoms. The van der Waals surface area contributed by atoms with E-state index in [9.17, 15) is 0 Å². The zero-order valence-corrected chi connectivity index (χ0v) is 8.13. The van der Waals surface area contributed by atoms with Crippen molar-refractivity contribution in [2.24, 2.45) is 13.0 Å². The predicted octanol–water partition coefficient (Wildman–Crippen LogP) is 1.06. The summed E-state index contributed by atoms with van der Waals surface area (Å²) in [5, 5.41) is 7.24. The number of rotatable bonds is 3. The van der Waals surface area contributed by atoms with Crippen molar-refractivity contribution < 1.29 is 0 Å². The summed E-state index contributed by atoms with van der Waals surface area (Å²) in [5.41, 5.74) is 0. The van der Waals surface area contributed by atoms with Crippen molar-refractivity contribution in [2.45, 2.75) is 20.3 Å². The molecule has 1 N–H and O–H groups in total. The quantitative estimate of drug-likeness (QED) is 0.733. The smallest absolute Gasteiger partial charge is 0.220 e. The third-order valence-electron chi connectivity index (χ3n) is 1.62. The molecule has 68 valence electrons. The first-order valence-electron chi connectivity index (χ1n) is 4.21. The van der Waals surface area contributed by atoms with Gasteiger partial charge in [-0.05, 0) is 5.92 Å². The first-order valence-corrected chi connectivity index (χ1v) is 4.21. The van der Waals surface area contributed by atoms with Crippen LogP contribution in [0.4, 0.5) is 5.95 Å². The maximum absolute atomic E-state index is 4.31. The van der Waals surface area contributed by atoms with E-state index in [1.807, 2.05) is 14.1 Å². The molecule has 4 heteroatoms. The monoisotopic (exact) mass is 168 g/mol. The van der Waals surface area contributed by atoms with Crippen LogP contribution in [0, 0.1) is 5.92 Å². The van der Waals surface area contributed by atoms with Crippen molar-refractivity contribution in [3.05, 3.63) is 5.82 Å². The molecule has 0 fully saturated rings. The molecule has 0 saturated heterocycles. The van der Waals surface area contributed by atoms with Crippen LogP contribution >= 0.6 is 0 Å². The number of aromatic nitrogens is 3. The van der Waals surface area contributed by atoms with E-state index >= 15 is 0 Å². The molecular formula is C8H16N4. The maximum atomic E-state index is 4.31. The molecule has 0 spiro atoms. The number of aryl methyl sites for hydroxylation is 1. The second-order valence-corrected chi connectivity index (χ2v) is 3.32. The first kappa shape index (κ1) is 9.03. The van der Waals surface area contributed by atoms with Crippen molar-refractivity contribution in [2.75, 3.05) is 12.4 Å². The minimum Gasteiger partial charge on any atom is -0.358 e. The molecule has 0 aromatic carbocycles. The average Bonchev–Trinajstić information content (AvgIpc) is 2.29. The Labute approximate surface area is 73.0 Å². The minimum absolute atomic E-state index is 0.608. The van der Waals surface area contributed by atoms with E-state index in [0.717, 1.165) is 18.2 Å². The lowest BCUT2D eigenvalue weighted by Crippen LogP contribution is -1.99. The van der Waals surface area contributed by atoms with Gasteiger partial charge in [0.15, 0.2) is 5.82 Å². The van der Waals surface area contributed by atoms with Crippen LogP contribution < -0.4 is 5.32 Å². The third-order valence-corrected chi connectivity index (χ3v) is 1.62. The summed E-state index contributed by atoms with van der Waals surface area (Å²) in [6, 6.07) is 0.